The van der Waals surface area contributed by atoms with E-state index < -0.39 is 0 Å². The predicted molar refractivity (Wildman–Crippen MR) is 101 cm³/mol. The van der Waals surface area contributed by atoms with Crippen molar-refractivity contribution in [3.8, 4) is 11.8 Å². The second kappa shape index (κ2) is 8.37. The first-order chi connectivity index (χ1) is 13.1. The maximum atomic E-state index is 12.5. The highest BCUT2D eigenvalue weighted by Gasteiger charge is 2.32. The lowest BCUT2D eigenvalue weighted by Crippen LogP contribution is -2.57. The Balaban J connectivity index is 1.56. The van der Waals surface area contributed by atoms with Crippen molar-refractivity contribution < 1.29 is 14.3 Å². The van der Waals surface area contributed by atoms with Crippen LogP contribution >= 0.6 is 0 Å². The number of benzene rings is 2. The summed E-state index contributed by atoms with van der Waals surface area (Å²) in [6.07, 6.45) is 0.226. The van der Waals surface area contributed by atoms with Gasteiger partial charge in [0.2, 0.25) is 11.8 Å². The molecular formula is C21H21N3O3. The Morgan fingerprint density at radius 1 is 1.19 bits per heavy atom. The van der Waals surface area contributed by atoms with Crippen molar-refractivity contribution in [2.75, 3.05) is 24.6 Å². The van der Waals surface area contributed by atoms with E-state index in [9.17, 15) is 9.59 Å². The molecule has 1 unspecified atom stereocenters. The molecule has 0 spiro atoms. The monoisotopic (exact) mass is 363 g/mol. The SMILES string of the molecule is CC1CN(c2ccc(C#N)cc2)C(=O)CN1C(=O)CCOc1ccccc1. The highest BCUT2D eigenvalue weighted by molar-refractivity contribution is 5.98. The summed E-state index contributed by atoms with van der Waals surface area (Å²) in [6.45, 7) is 2.68. The quantitative estimate of drug-likeness (QED) is 0.818. The summed E-state index contributed by atoms with van der Waals surface area (Å²) in [5.41, 5.74) is 1.29. The molecule has 2 aromatic carbocycles. The number of anilines is 1. The summed E-state index contributed by atoms with van der Waals surface area (Å²) in [5.74, 6) is 0.501. The van der Waals surface area contributed by atoms with Crippen LogP contribution in [0.1, 0.15) is 18.9 Å². The number of amides is 2. The van der Waals surface area contributed by atoms with Gasteiger partial charge in [-0.1, -0.05) is 18.2 Å². The van der Waals surface area contributed by atoms with Gasteiger partial charge < -0.3 is 14.5 Å². The number of piperazine rings is 1. The van der Waals surface area contributed by atoms with Gasteiger partial charge in [0.1, 0.15) is 12.3 Å². The van der Waals surface area contributed by atoms with Crippen LogP contribution in [-0.2, 0) is 9.59 Å². The Hall–Kier alpha value is -3.33. The molecule has 1 fully saturated rings. The Morgan fingerprint density at radius 3 is 2.56 bits per heavy atom. The lowest BCUT2D eigenvalue weighted by molar-refractivity contribution is -0.139. The highest BCUT2D eigenvalue weighted by Crippen LogP contribution is 2.21. The summed E-state index contributed by atoms with van der Waals surface area (Å²) >= 11 is 0. The smallest absolute Gasteiger partial charge is 0.246 e. The van der Waals surface area contributed by atoms with Gasteiger partial charge in [-0.15, -0.1) is 0 Å². The second-order valence-electron chi connectivity index (χ2n) is 6.45. The molecule has 1 atom stereocenters. The average molecular weight is 363 g/mol. The van der Waals surface area contributed by atoms with E-state index in [-0.39, 0.29) is 37.4 Å². The number of hydrogen-bond donors (Lipinski definition) is 0. The number of ether oxygens (including phenoxy) is 1. The van der Waals surface area contributed by atoms with Gasteiger partial charge in [-0.3, -0.25) is 9.59 Å². The van der Waals surface area contributed by atoms with Gasteiger partial charge in [0.25, 0.3) is 0 Å². The van der Waals surface area contributed by atoms with Gasteiger partial charge in [-0.2, -0.15) is 5.26 Å². The number of rotatable bonds is 5. The van der Waals surface area contributed by atoms with E-state index in [0.717, 1.165) is 11.4 Å². The van der Waals surface area contributed by atoms with Crippen LogP contribution in [0.15, 0.2) is 54.6 Å². The number of carbonyl (C=O) groups excluding carboxylic acids is 2. The molecule has 138 valence electrons. The van der Waals surface area contributed by atoms with Gasteiger partial charge in [-0.05, 0) is 43.3 Å². The molecule has 1 aliphatic heterocycles. The van der Waals surface area contributed by atoms with Crippen LogP contribution < -0.4 is 9.64 Å². The van der Waals surface area contributed by atoms with E-state index in [1.807, 2.05) is 37.3 Å². The molecule has 6 heteroatoms. The predicted octanol–water partition coefficient (Wildman–Crippen LogP) is 2.59. The van der Waals surface area contributed by atoms with E-state index in [0.29, 0.717) is 12.1 Å². The third kappa shape index (κ3) is 4.45. The topological polar surface area (TPSA) is 73.6 Å². The molecule has 27 heavy (non-hydrogen) atoms. The zero-order valence-electron chi connectivity index (χ0n) is 15.2. The van der Waals surface area contributed by atoms with Crippen molar-refractivity contribution in [1.29, 1.82) is 5.26 Å². The molecular weight excluding hydrogens is 342 g/mol. The summed E-state index contributed by atoms with van der Waals surface area (Å²) in [6, 6.07) is 18.2. The molecule has 3 rings (SSSR count). The Labute approximate surface area is 158 Å². The molecule has 2 amide bonds. The van der Waals surface area contributed by atoms with E-state index in [4.69, 9.17) is 10.00 Å². The van der Waals surface area contributed by atoms with Crippen molar-refractivity contribution in [2.24, 2.45) is 0 Å². The third-order valence-corrected chi connectivity index (χ3v) is 4.54. The largest absolute Gasteiger partial charge is 0.493 e. The van der Waals surface area contributed by atoms with E-state index in [1.165, 1.54) is 0 Å². The second-order valence-corrected chi connectivity index (χ2v) is 6.45. The number of para-hydroxylation sites is 1. The number of nitrogens with zero attached hydrogens (tertiary/aromatic N) is 3. The zero-order valence-corrected chi connectivity index (χ0v) is 15.2. The van der Waals surface area contributed by atoms with Crippen LogP contribution in [0, 0.1) is 11.3 Å². The van der Waals surface area contributed by atoms with Crippen LogP contribution in [0.2, 0.25) is 0 Å². The molecule has 0 radical (unpaired) electrons. The highest BCUT2D eigenvalue weighted by atomic mass is 16.5. The van der Waals surface area contributed by atoms with Crippen molar-refractivity contribution >= 4 is 17.5 Å². The molecule has 1 heterocycles. The van der Waals surface area contributed by atoms with Crippen molar-refractivity contribution in [3.05, 3.63) is 60.2 Å². The van der Waals surface area contributed by atoms with Gasteiger partial charge in [-0.25, -0.2) is 0 Å². The minimum absolute atomic E-state index is 0.0470. The average Bonchev–Trinajstić information content (AvgIpc) is 2.70. The first-order valence-corrected chi connectivity index (χ1v) is 8.86. The Bertz CT molecular complexity index is 843. The fraction of sp³-hybridized carbons (Fsp3) is 0.286. The number of nitriles is 1. The molecule has 1 aliphatic rings. The first kappa shape index (κ1) is 18.5. The van der Waals surface area contributed by atoms with Crippen LogP contribution in [0.25, 0.3) is 0 Å². The molecule has 0 saturated carbocycles. The lowest BCUT2D eigenvalue weighted by atomic mass is 10.1. The fourth-order valence-corrected chi connectivity index (χ4v) is 3.07. The maximum Gasteiger partial charge on any atom is 0.246 e. The van der Waals surface area contributed by atoms with E-state index >= 15 is 0 Å². The number of hydrogen-bond acceptors (Lipinski definition) is 4. The van der Waals surface area contributed by atoms with Crippen molar-refractivity contribution in [1.82, 2.24) is 4.90 Å². The van der Waals surface area contributed by atoms with Crippen molar-refractivity contribution in [2.45, 2.75) is 19.4 Å². The molecule has 6 nitrogen and oxygen atoms in total. The van der Waals surface area contributed by atoms with Crippen LogP contribution in [0.5, 0.6) is 5.75 Å². The fourth-order valence-electron chi connectivity index (χ4n) is 3.07. The normalized spacial score (nSPS) is 16.7. The van der Waals surface area contributed by atoms with Crippen LogP contribution in [-0.4, -0.2) is 42.5 Å². The zero-order chi connectivity index (χ0) is 19.2. The summed E-state index contributed by atoms with van der Waals surface area (Å²) in [4.78, 5) is 28.3. The van der Waals surface area contributed by atoms with E-state index in [2.05, 4.69) is 6.07 Å². The van der Waals surface area contributed by atoms with Crippen LogP contribution in [0.4, 0.5) is 5.69 Å². The summed E-state index contributed by atoms with van der Waals surface area (Å²) in [7, 11) is 0. The molecule has 2 aromatic rings. The van der Waals surface area contributed by atoms with Crippen LogP contribution in [0.3, 0.4) is 0 Å². The summed E-state index contributed by atoms with van der Waals surface area (Å²) in [5, 5.41) is 8.89. The van der Waals surface area contributed by atoms with Gasteiger partial charge in [0.15, 0.2) is 0 Å². The molecule has 0 bridgehead atoms. The van der Waals surface area contributed by atoms with Gasteiger partial charge in [0, 0.05) is 18.3 Å². The van der Waals surface area contributed by atoms with E-state index in [1.54, 1.807) is 34.1 Å². The first-order valence-electron chi connectivity index (χ1n) is 8.86. The lowest BCUT2D eigenvalue weighted by Gasteiger charge is -2.39. The van der Waals surface area contributed by atoms with Crippen molar-refractivity contribution in [3.63, 3.8) is 0 Å². The number of carbonyl (C=O) groups is 2. The molecule has 0 aliphatic carbocycles. The molecule has 0 aromatic heterocycles. The Morgan fingerprint density at radius 2 is 1.89 bits per heavy atom. The minimum Gasteiger partial charge on any atom is -0.493 e. The Kier molecular flexibility index (Phi) is 5.72. The minimum atomic E-state index is -0.130. The maximum absolute atomic E-state index is 12.5. The van der Waals surface area contributed by atoms with Gasteiger partial charge >= 0.3 is 0 Å². The standard InChI is InChI=1S/C21H21N3O3/c1-16-14-24(18-9-7-17(13-22)8-10-18)21(26)15-23(16)20(25)11-12-27-19-5-3-2-4-6-19/h2-10,16H,11-12,14-15H2,1H3. The summed E-state index contributed by atoms with van der Waals surface area (Å²) < 4.78 is 5.57. The molecule has 0 N–H and O–H groups in total. The molecule has 1 saturated heterocycles. The van der Waals surface area contributed by atoms with Gasteiger partial charge in [0.05, 0.1) is 24.7 Å². The third-order valence-electron chi connectivity index (χ3n) is 4.54.